The molecule has 0 saturated carbocycles. The molecule has 0 aliphatic carbocycles. The highest BCUT2D eigenvalue weighted by atomic mass is 16.4. The van der Waals surface area contributed by atoms with Crippen LogP contribution >= 0.6 is 0 Å². The van der Waals surface area contributed by atoms with Gasteiger partial charge in [0.1, 0.15) is 12.5 Å². The molecule has 1 fully saturated rings. The van der Waals surface area contributed by atoms with Crippen LogP contribution < -0.4 is 0 Å². The topological polar surface area (TPSA) is 81.0 Å². The number of hydrogen-bond acceptors (Lipinski definition) is 4. The third-order valence-corrected chi connectivity index (χ3v) is 2.31. The van der Waals surface area contributed by atoms with Crippen LogP contribution in [-0.2, 0) is 4.79 Å². The molecule has 0 aromatic carbocycles. The van der Waals surface area contributed by atoms with Gasteiger partial charge in [0, 0.05) is 19.4 Å². The Morgan fingerprint density at radius 2 is 2.21 bits per heavy atom. The third kappa shape index (κ3) is 2.54. The Bertz CT molecular complexity index is 241. The van der Waals surface area contributed by atoms with Crippen LogP contribution in [0.25, 0.3) is 0 Å². The maximum absolute atomic E-state index is 10.2. The zero-order valence-electron chi connectivity index (χ0n) is 7.89. The molecule has 14 heavy (non-hydrogen) atoms. The molecule has 2 atom stereocenters. The van der Waals surface area contributed by atoms with Crippen LogP contribution in [0.2, 0.25) is 0 Å². The monoisotopic (exact) mass is 201 g/mol. The number of aliphatic hydroxyl groups is 2. The Labute approximate surface area is 82.3 Å². The minimum absolute atomic E-state index is 0.0441. The van der Waals surface area contributed by atoms with Gasteiger partial charge in [-0.15, -0.1) is 0 Å². The summed E-state index contributed by atoms with van der Waals surface area (Å²) in [4.78, 5) is 11.7. The molecule has 5 nitrogen and oxygen atoms in total. The summed E-state index contributed by atoms with van der Waals surface area (Å²) in [6.45, 7) is 3.98. The minimum atomic E-state index is -0.869. The summed E-state index contributed by atoms with van der Waals surface area (Å²) in [5.74, 6) is -0.869. The van der Waals surface area contributed by atoms with Crippen molar-refractivity contribution in [3.8, 4) is 0 Å². The highest BCUT2D eigenvalue weighted by Crippen LogP contribution is 2.24. The smallest absolute Gasteiger partial charge is 0.303 e. The third-order valence-electron chi connectivity index (χ3n) is 2.31. The van der Waals surface area contributed by atoms with Gasteiger partial charge in [-0.2, -0.15) is 0 Å². The van der Waals surface area contributed by atoms with E-state index < -0.39 is 18.4 Å². The van der Waals surface area contributed by atoms with Crippen LogP contribution in [0.1, 0.15) is 19.3 Å². The van der Waals surface area contributed by atoms with Crippen LogP contribution in [0.15, 0.2) is 12.2 Å². The van der Waals surface area contributed by atoms with Crippen molar-refractivity contribution in [2.45, 2.75) is 31.7 Å². The molecule has 3 N–H and O–H groups in total. The van der Waals surface area contributed by atoms with Crippen molar-refractivity contribution in [2.75, 3.05) is 6.54 Å². The Morgan fingerprint density at radius 3 is 2.64 bits per heavy atom. The first-order chi connectivity index (χ1) is 6.52. The molecule has 2 unspecified atom stereocenters. The highest BCUT2D eigenvalue weighted by molar-refractivity contribution is 5.66. The average molecular weight is 201 g/mol. The molecule has 0 radical (unpaired) electrons. The second kappa shape index (κ2) is 4.54. The molecule has 5 heteroatoms. The lowest BCUT2D eigenvalue weighted by Crippen LogP contribution is -2.37. The average Bonchev–Trinajstić information content (AvgIpc) is 2.31. The van der Waals surface area contributed by atoms with Crippen LogP contribution in [0.5, 0.6) is 0 Å². The summed E-state index contributed by atoms with van der Waals surface area (Å²) >= 11 is 0. The van der Waals surface area contributed by atoms with E-state index in [4.69, 9.17) is 5.11 Å². The van der Waals surface area contributed by atoms with E-state index in [1.807, 2.05) is 0 Å². The lowest BCUT2D eigenvalue weighted by Gasteiger charge is -2.22. The lowest BCUT2D eigenvalue weighted by atomic mass is 10.2. The lowest BCUT2D eigenvalue weighted by molar-refractivity contribution is -0.137. The minimum Gasteiger partial charge on any atom is -0.481 e. The number of nitrogens with zero attached hydrogens (tertiary/aromatic N) is 1. The van der Waals surface area contributed by atoms with Gasteiger partial charge in [-0.05, 0) is 12.0 Å². The Balaban J connectivity index is 2.36. The SMILES string of the molecule is C=C1CC(O)N(CCCC(=O)O)C1O. The first kappa shape index (κ1) is 11.2. The van der Waals surface area contributed by atoms with Gasteiger partial charge in [0.2, 0.25) is 0 Å². The van der Waals surface area contributed by atoms with Gasteiger partial charge in [0.15, 0.2) is 0 Å². The quantitative estimate of drug-likeness (QED) is 0.546. The molecule has 1 aliphatic rings. The summed E-state index contributed by atoms with van der Waals surface area (Å²) in [7, 11) is 0. The van der Waals surface area contributed by atoms with Gasteiger partial charge < -0.3 is 15.3 Å². The fourth-order valence-corrected chi connectivity index (χ4v) is 1.54. The predicted octanol–water partition coefficient (Wildman–Crippen LogP) is -0.250. The van der Waals surface area contributed by atoms with Crippen LogP contribution in [0.3, 0.4) is 0 Å². The number of rotatable bonds is 4. The zero-order chi connectivity index (χ0) is 10.7. The van der Waals surface area contributed by atoms with Gasteiger partial charge in [-0.3, -0.25) is 4.79 Å². The van der Waals surface area contributed by atoms with Crippen molar-refractivity contribution < 1.29 is 20.1 Å². The second-order valence-corrected chi connectivity index (χ2v) is 3.45. The van der Waals surface area contributed by atoms with Crippen molar-refractivity contribution in [1.29, 1.82) is 0 Å². The number of aliphatic hydroxyl groups excluding tert-OH is 2. The van der Waals surface area contributed by atoms with E-state index in [1.165, 1.54) is 4.90 Å². The van der Waals surface area contributed by atoms with Crippen molar-refractivity contribution in [3.63, 3.8) is 0 Å². The van der Waals surface area contributed by atoms with E-state index in [0.29, 0.717) is 25.0 Å². The number of carboxylic acids is 1. The first-order valence-electron chi connectivity index (χ1n) is 4.53. The van der Waals surface area contributed by atoms with Gasteiger partial charge in [0.05, 0.1) is 0 Å². The molecule has 0 amide bonds. The summed E-state index contributed by atoms with van der Waals surface area (Å²) < 4.78 is 0. The van der Waals surface area contributed by atoms with Gasteiger partial charge in [-0.25, -0.2) is 4.90 Å². The predicted molar refractivity (Wildman–Crippen MR) is 49.3 cm³/mol. The molecule has 0 aromatic rings. The number of likely N-dealkylation sites (tertiary alicyclic amines) is 1. The number of carboxylic acid groups (broad SMARTS) is 1. The standard InChI is InChI=1S/C9H15NO4/c1-6-5-7(11)10(9(6)14)4-2-3-8(12)13/h7,9,11,14H,1-5H2,(H,12,13). The van der Waals surface area contributed by atoms with Crippen LogP contribution in [-0.4, -0.2) is 45.2 Å². The molecule has 0 aromatic heterocycles. The van der Waals surface area contributed by atoms with Crippen LogP contribution in [0, 0.1) is 0 Å². The highest BCUT2D eigenvalue weighted by Gasteiger charge is 2.32. The van der Waals surface area contributed by atoms with Gasteiger partial charge in [-0.1, -0.05) is 6.58 Å². The van der Waals surface area contributed by atoms with Crippen molar-refractivity contribution in [3.05, 3.63) is 12.2 Å². The van der Waals surface area contributed by atoms with E-state index in [-0.39, 0.29) is 6.42 Å². The van der Waals surface area contributed by atoms with E-state index >= 15 is 0 Å². The van der Waals surface area contributed by atoms with E-state index in [0.717, 1.165) is 0 Å². The first-order valence-corrected chi connectivity index (χ1v) is 4.53. The summed E-state index contributed by atoms with van der Waals surface area (Å²) in [5, 5.41) is 27.4. The molecule has 0 spiro atoms. The molecule has 80 valence electrons. The Hall–Kier alpha value is -0.910. The van der Waals surface area contributed by atoms with Crippen molar-refractivity contribution in [2.24, 2.45) is 0 Å². The normalized spacial score (nSPS) is 28.3. The fourth-order valence-electron chi connectivity index (χ4n) is 1.54. The molecule has 0 bridgehead atoms. The molecule has 1 rings (SSSR count). The largest absolute Gasteiger partial charge is 0.481 e. The van der Waals surface area contributed by atoms with E-state index in [2.05, 4.69) is 6.58 Å². The second-order valence-electron chi connectivity index (χ2n) is 3.45. The summed E-state index contributed by atoms with van der Waals surface area (Å²) in [5.41, 5.74) is 0.577. The van der Waals surface area contributed by atoms with E-state index in [9.17, 15) is 15.0 Å². The van der Waals surface area contributed by atoms with E-state index in [1.54, 1.807) is 0 Å². The summed E-state index contributed by atoms with van der Waals surface area (Å²) in [6, 6.07) is 0. The number of hydrogen-bond donors (Lipinski definition) is 3. The fraction of sp³-hybridized carbons (Fsp3) is 0.667. The molecular weight excluding hydrogens is 186 g/mol. The molecule has 1 saturated heterocycles. The molecule has 1 heterocycles. The Morgan fingerprint density at radius 1 is 1.57 bits per heavy atom. The molecular formula is C9H15NO4. The summed E-state index contributed by atoms with van der Waals surface area (Å²) in [6.07, 6.45) is -0.752. The number of aliphatic carboxylic acids is 1. The maximum Gasteiger partial charge on any atom is 0.303 e. The zero-order valence-corrected chi connectivity index (χ0v) is 7.89. The van der Waals surface area contributed by atoms with Crippen molar-refractivity contribution >= 4 is 5.97 Å². The number of carbonyl (C=O) groups is 1. The van der Waals surface area contributed by atoms with Crippen molar-refractivity contribution in [1.82, 2.24) is 4.90 Å². The van der Waals surface area contributed by atoms with Gasteiger partial charge >= 0.3 is 5.97 Å². The Kier molecular flexibility index (Phi) is 3.62. The van der Waals surface area contributed by atoms with Gasteiger partial charge in [0.25, 0.3) is 0 Å². The van der Waals surface area contributed by atoms with Crippen LogP contribution in [0.4, 0.5) is 0 Å². The maximum atomic E-state index is 10.2. The molecule has 1 aliphatic heterocycles.